The topological polar surface area (TPSA) is 70.2 Å². The fourth-order valence-electron chi connectivity index (χ4n) is 3.50. The van der Waals surface area contributed by atoms with Crippen molar-refractivity contribution in [1.29, 1.82) is 0 Å². The Balaban J connectivity index is 1.34. The van der Waals surface area contributed by atoms with Crippen molar-refractivity contribution in [2.75, 3.05) is 5.32 Å². The first-order valence-corrected chi connectivity index (χ1v) is 11.6. The van der Waals surface area contributed by atoms with Crippen LogP contribution in [-0.2, 0) is 17.8 Å². The molecule has 166 valence electrons. The van der Waals surface area contributed by atoms with E-state index in [0.29, 0.717) is 18.7 Å². The first-order valence-electron chi connectivity index (χ1n) is 10.7. The lowest BCUT2D eigenvalue weighted by Crippen LogP contribution is -2.33. The molecule has 6 heteroatoms. The zero-order valence-electron chi connectivity index (χ0n) is 18.0. The molecule has 0 spiro atoms. The van der Waals surface area contributed by atoms with Crippen LogP contribution in [0.5, 0.6) is 0 Å². The summed E-state index contributed by atoms with van der Waals surface area (Å²) in [5.41, 5.74) is 3.55. The van der Waals surface area contributed by atoms with Crippen LogP contribution >= 0.6 is 11.3 Å². The third-order valence-corrected chi connectivity index (χ3v) is 6.03. The highest BCUT2D eigenvalue weighted by atomic mass is 32.1. The Morgan fingerprint density at radius 3 is 1.97 bits per heavy atom. The number of anilines is 1. The van der Waals surface area contributed by atoms with E-state index in [0.717, 1.165) is 21.6 Å². The molecule has 0 saturated heterocycles. The molecule has 1 aromatic heterocycles. The molecule has 3 N–H and O–H groups in total. The Bertz CT molecular complexity index is 1120. The van der Waals surface area contributed by atoms with Gasteiger partial charge in [0.15, 0.2) is 0 Å². The average molecular weight is 456 g/mol. The molecule has 0 bridgehead atoms. The van der Waals surface area contributed by atoms with Gasteiger partial charge in [-0.05, 0) is 40.3 Å². The van der Waals surface area contributed by atoms with Crippen LogP contribution in [0.1, 0.15) is 27.6 Å². The number of carbonyl (C=O) groups is 2. The molecular formula is C27H25N3O2S. The molecule has 0 aliphatic heterocycles. The molecule has 3 aromatic carbocycles. The maximum absolute atomic E-state index is 12.7. The monoisotopic (exact) mass is 455 g/mol. The number of urea groups is 1. The second-order valence-corrected chi connectivity index (χ2v) is 8.61. The van der Waals surface area contributed by atoms with Crippen molar-refractivity contribution < 1.29 is 9.59 Å². The van der Waals surface area contributed by atoms with Crippen molar-refractivity contribution in [3.8, 4) is 0 Å². The number of hydrogen-bond acceptors (Lipinski definition) is 3. The van der Waals surface area contributed by atoms with E-state index in [1.54, 1.807) is 11.3 Å². The van der Waals surface area contributed by atoms with E-state index in [9.17, 15) is 9.59 Å². The molecule has 5 nitrogen and oxygen atoms in total. The average Bonchev–Trinajstić information content (AvgIpc) is 3.37. The maximum atomic E-state index is 12.7. The van der Waals surface area contributed by atoms with Gasteiger partial charge in [0, 0.05) is 10.6 Å². The van der Waals surface area contributed by atoms with Crippen molar-refractivity contribution >= 4 is 29.0 Å². The second kappa shape index (κ2) is 11.1. The molecule has 33 heavy (non-hydrogen) atoms. The summed E-state index contributed by atoms with van der Waals surface area (Å²) in [6, 6.07) is 30.5. The van der Waals surface area contributed by atoms with Gasteiger partial charge in [-0.2, -0.15) is 0 Å². The molecule has 0 fully saturated rings. The van der Waals surface area contributed by atoms with Gasteiger partial charge in [-0.15, -0.1) is 11.3 Å². The highest BCUT2D eigenvalue weighted by Crippen LogP contribution is 2.22. The normalized spacial score (nSPS) is 10.6. The van der Waals surface area contributed by atoms with Gasteiger partial charge in [-0.3, -0.25) is 4.79 Å². The SMILES string of the molecule is O=C(Cc1ccc(NC(=O)NC(c2ccccc2)c2ccccc2)cc1)NCc1cccs1. The van der Waals surface area contributed by atoms with Crippen LogP contribution in [0.2, 0.25) is 0 Å². The van der Waals surface area contributed by atoms with Gasteiger partial charge in [0.2, 0.25) is 5.91 Å². The van der Waals surface area contributed by atoms with Crippen LogP contribution in [0.25, 0.3) is 0 Å². The number of hydrogen-bond donors (Lipinski definition) is 3. The number of carbonyl (C=O) groups excluding carboxylic acids is 2. The van der Waals surface area contributed by atoms with Gasteiger partial charge in [0.25, 0.3) is 0 Å². The Kier molecular flexibility index (Phi) is 7.51. The number of rotatable bonds is 8. The molecule has 1 heterocycles. The quantitative estimate of drug-likeness (QED) is 0.327. The first-order chi connectivity index (χ1) is 16.2. The summed E-state index contributed by atoms with van der Waals surface area (Å²) >= 11 is 1.62. The van der Waals surface area contributed by atoms with Crippen molar-refractivity contribution in [2.24, 2.45) is 0 Å². The zero-order chi connectivity index (χ0) is 22.9. The molecule has 0 unspecified atom stereocenters. The van der Waals surface area contributed by atoms with E-state index >= 15 is 0 Å². The van der Waals surface area contributed by atoms with Gasteiger partial charge >= 0.3 is 6.03 Å². The minimum Gasteiger partial charge on any atom is -0.351 e. The summed E-state index contributed by atoms with van der Waals surface area (Å²) in [7, 11) is 0. The smallest absolute Gasteiger partial charge is 0.319 e. The van der Waals surface area contributed by atoms with E-state index in [2.05, 4.69) is 16.0 Å². The van der Waals surface area contributed by atoms with Gasteiger partial charge < -0.3 is 16.0 Å². The fourth-order valence-corrected chi connectivity index (χ4v) is 4.15. The third kappa shape index (κ3) is 6.54. The molecule has 0 aliphatic rings. The Labute approximate surface area is 197 Å². The lowest BCUT2D eigenvalue weighted by Gasteiger charge is -2.20. The lowest BCUT2D eigenvalue weighted by atomic mass is 9.99. The Morgan fingerprint density at radius 2 is 1.39 bits per heavy atom. The lowest BCUT2D eigenvalue weighted by molar-refractivity contribution is -0.120. The number of benzene rings is 3. The molecular weight excluding hydrogens is 430 g/mol. The van der Waals surface area contributed by atoms with Gasteiger partial charge in [0.05, 0.1) is 19.0 Å². The largest absolute Gasteiger partial charge is 0.351 e. The van der Waals surface area contributed by atoms with Crippen LogP contribution < -0.4 is 16.0 Å². The summed E-state index contributed by atoms with van der Waals surface area (Å²) in [5.74, 6) is -0.0320. The molecule has 4 aromatic rings. The summed E-state index contributed by atoms with van der Waals surface area (Å²) in [5, 5.41) is 10.9. The van der Waals surface area contributed by atoms with Crippen molar-refractivity contribution in [1.82, 2.24) is 10.6 Å². The van der Waals surface area contributed by atoms with Crippen LogP contribution in [0.4, 0.5) is 10.5 Å². The van der Waals surface area contributed by atoms with E-state index in [1.165, 1.54) is 0 Å². The Morgan fingerprint density at radius 1 is 0.758 bits per heavy atom. The highest BCUT2D eigenvalue weighted by Gasteiger charge is 2.16. The molecule has 0 saturated carbocycles. The first kappa shape index (κ1) is 22.3. The van der Waals surface area contributed by atoms with Crippen molar-refractivity contribution in [2.45, 2.75) is 19.0 Å². The van der Waals surface area contributed by atoms with Crippen LogP contribution in [-0.4, -0.2) is 11.9 Å². The summed E-state index contributed by atoms with van der Waals surface area (Å²) in [4.78, 5) is 26.0. The Hall–Kier alpha value is -3.90. The molecule has 0 aliphatic carbocycles. The fraction of sp³-hybridized carbons (Fsp3) is 0.111. The van der Waals surface area contributed by atoms with Crippen LogP contribution in [0.15, 0.2) is 102 Å². The maximum Gasteiger partial charge on any atom is 0.319 e. The predicted octanol–water partition coefficient (Wildman–Crippen LogP) is 5.52. The minimum absolute atomic E-state index is 0.0320. The van der Waals surface area contributed by atoms with E-state index in [1.807, 2.05) is 102 Å². The molecule has 0 atom stereocenters. The summed E-state index contributed by atoms with van der Waals surface area (Å²) in [6.07, 6.45) is 0.294. The van der Waals surface area contributed by atoms with Gasteiger partial charge in [0.1, 0.15) is 0 Å². The zero-order valence-corrected chi connectivity index (χ0v) is 18.8. The third-order valence-electron chi connectivity index (χ3n) is 5.16. The van der Waals surface area contributed by atoms with Gasteiger partial charge in [-0.1, -0.05) is 78.9 Å². The van der Waals surface area contributed by atoms with Crippen LogP contribution in [0.3, 0.4) is 0 Å². The van der Waals surface area contributed by atoms with E-state index in [4.69, 9.17) is 0 Å². The minimum atomic E-state index is -0.297. The second-order valence-electron chi connectivity index (χ2n) is 7.58. The van der Waals surface area contributed by atoms with Gasteiger partial charge in [-0.25, -0.2) is 4.79 Å². The molecule has 0 radical (unpaired) electrons. The van der Waals surface area contributed by atoms with Crippen molar-refractivity contribution in [3.63, 3.8) is 0 Å². The van der Waals surface area contributed by atoms with E-state index in [-0.39, 0.29) is 18.0 Å². The number of thiophene rings is 1. The summed E-state index contributed by atoms with van der Waals surface area (Å²) in [6.45, 7) is 0.542. The summed E-state index contributed by atoms with van der Waals surface area (Å²) < 4.78 is 0. The number of nitrogens with one attached hydrogen (secondary N) is 3. The molecule has 4 rings (SSSR count). The van der Waals surface area contributed by atoms with Crippen molar-refractivity contribution in [3.05, 3.63) is 124 Å². The highest BCUT2D eigenvalue weighted by molar-refractivity contribution is 7.09. The predicted molar refractivity (Wildman–Crippen MR) is 133 cm³/mol. The molecule has 3 amide bonds. The van der Waals surface area contributed by atoms with E-state index < -0.39 is 0 Å². The van der Waals surface area contributed by atoms with Crippen LogP contribution in [0, 0.1) is 0 Å². The number of amides is 3. The standard InChI is InChI=1S/C27H25N3O2S/c31-25(28-19-24-12-7-17-33-24)18-20-13-15-23(16-14-20)29-27(32)30-26(21-8-3-1-4-9-21)22-10-5-2-6-11-22/h1-17,26H,18-19H2,(H,28,31)(H2,29,30,32).